The summed E-state index contributed by atoms with van der Waals surface area (Å²) in [4.78, 5) is 23.6. The van der Waals surface area contributed by atoms with Gasteiger partial charge in [0.1, 0.15) is 53.0 Å². The molecule has 2 aromatic rings. The second kappa shape index (κ2) is 8.28. The van der Waals surface area contributed by atoms with Crippen LogP contribution in [0.3, 0.4) is 0 Å². The first-order chi connectivity index (χ1) is 15.2. The number of benzene rings is 2. The van der Waals surface area contributed by atoms with E-state index >= 15 is 0 Å². The first-order valence-electron chi connectivity index (χ1n) is 9.60. The summed E-state index contributed by atoms with van der Waals surface area (Å²) in [6, 6.07) is 8.34. The predicted molar refractivity (Wildman–Crippen MR) is 103 cm³/mol. The second-order valence-corrected chi connectivity index (χ2v) is 7.49. The molecule has 0 bridgehead atoms. The molecule has 2 aliphatic rings. The third-order valence-electron chi connectivity index (χ3n) is 5.30. The molecule has 0 saturated carbocycles. The number of hydrogen-bond donors (Lipinski definition) is 6. The number of carbonyl (C=O) groups is 2. The molecule has 0 amide bonds. The number of rotatable bonds is 4. The van der Waals surface area contributed by atoms with Gasteiger partial charge < -0.3 is 44.8 Å². The molecule has 6 N–H and O–H groups in total. The summed E-state index contributed by atoms with van der Waals surface area (Å²) in [7, 11) is 0. The Morgan fingerprint density at radius 3 is 2.34 bits per heavy atom. The van der Waals surface area contributed by atoms with Gasteiger partial charge in [-0.3, -0.25) is 4.79 Å². The molecular formula is C21H20O11. The summed E-state index contributed by atoms with van der Waals surface area (Å²) in [5, 5.41) is 58.3. The van der Waals surface area contributed by atoms with Crippen molar-refractivity contribution in [2.24, 2.45) is 0 Å². The lowest BCUT2D eigenvalue weighted by atomic mass is 9.95. The van der Waals surface area contributed by atoms with E-state index in [1.165, 1.54) is 18.2 Å². The van der Waals surface area contributed by atoms with Gasteiger partial charge in [-0.15, -0.1) is 0 Å². The highest BCUT2D eigenvalue weighted by Crippen LogP contribution is 2.41. The minimum absolute atomic E-state index is 0.00355. The van der Waals surface area contributed by atoms with Crippen LogP contribution in [0.2, 0.25) is 0 Å². The van der Waals surface area contributed by atoms with Crippen LogP contribution in [0.15, 0.2) is 36.4 Å². The average Bonchev–Trinajstić information content (AvgIpc) is 2.73. The first kappa shape index (κ1) is 21.8. The minimum Gasteiger partial charge on any atom is -0.508 e. The van der Waals surface area contributed by atoms with Crippen LogP contribution in [0.25, 0.3) is 0 Å². The van der Waals surface area contributed by atoms with Crippen molar-refractivity contribution in [1.82, 2.24) is 0 Å². The molecule has 0 spiro atoms. The number of carbonyl (C=O) groups excluding carboxylic acids is 1. The van der Waals surface area contributed by atoms with E-state index in [0.29, 0.717) is 5.56 Å². The summed E-state index contributed by atoms with van der Waals surface area (Å²) in [6.45, 7) is 0. The van der Waals surface area contributed by atoms with Crippen molar-refractivity contribution in [3.05, 3.63) is 47.5 Å². The molecule has 0 aliphatic carbocycles. The van der Waals surface area contributed by atoms with Crippen LogP contribution in [0.5, 0.6) is 23.0 Å². The lowest BCUT2D eigenvalue weighted by Crippen LogP contribution is -2.61. The maximum Gasteiger partial charge on any atom is 0.335 e. The average molecular weight is 448 g/mol. The zero-order valence-corrected chi connectivity index (χ0v) is 16.4. The fourth-order valence-electron chi connectivity index (χ4n) is 3.66. The quantitative estimate of drug-likeness (QED) is 0.372. The summed E-state index contributed by atoms with van der Waals surface area (Å²) in [5.41, 5.74) is 0.569. The summed E-state index contributed by atoms with van der Waals surface area (Å²) < 4.78 is 16.3. The van der Waals surface area contributed by atoms with Crippen LogP contribution >= 0.6 is 0 Å². The molecule has 11 nitrogen and oxygen atoms in total. The Morgan fingerprint density at radius 1 is 1.00 bits per heavy atom. The Morgan fingerprint density at radius 2 is 1.69 bits per heavy atom. The lowest BCUT2D eigenvalue weighted by Gasteiger charge is -2.38. The van der Waals surface area contributed by atoms with Gasteiger partial charge in [0, 0.05) is 12.1 Å². The summed E-state index contributed by atoms with van der Waals surface area (Å²) in [6.07, 6.45) is -9.40. The highest BCUT2D eigenvalue weighted by atomic mass is 16.7. The zero-order chi connectivity index (χ0) is 23.2. The number of carboxylic acids is 1. The zero-order valence-electron chi connectivity index (χ0n) is 16.4. The van der Waals surface area contributed by atoms with Gasteiger partial charge in [0.15, 0.2) is 11.9 Å². The van der Waals surface area contributed by atoms with Gasteiger partial charge in [0.05, 0.1) is 6.42 Å². The smallest absolute Gasteiger partial charge is 0.335 e. The van der Waals surface area contributed by atoms with E-state index in [1.54, 1.807) is 12.1 Å². The van der Waals surface area contributed by atoms with Crippen molar-refractivity contribution in [1.29, 1.82) is 0 Å². The standard InChI is InChI=1S/C21H20O11/c22-9-5-11(23)15-12(24)7-13(31-14(15)6-9)8-1-3-10(4-2-8)30-21-18(27)16(25)17(26)19(32-21)20(28)29/h1-6,13,16-19,21-23,25-27H,7H2,(H,28,29)/t13-,16-,17-,18+,19-,21+/m0/s1. The van der Waals surface area contributed by atoms with Gasteiger partial charge in [0.25, 0.3) is 0 Å². The molecule has 0 unspecified atom stereocenters. The van der Waals surface area contributed by atoms with Gasteiger partial charge in [0.2, 0.25) is 6.29 Å². The number of Topliss-reactive ketones (excluding diaryl/α,β-unsaturated/α-hetero) is 1. The monoisotopic (exact) mass is 448 g/mol. The summed E-state index contributed by atoms with van der Waals surface area (Å²) in [5.74, 6) is -2.30. The van der Waals surface area contributed by atoms with E-state index in [1.807, 2.05) is 0 Å². The molecular weight excluding hydrogens is 428 g/mol. The van der Waals surface area contributed by atoms with E-state index in [0.717, 1.165) is 6.07 Å². The molecule has 2 aromatic carbocycles. The number of phenols is 2. The normalized spacial score (nSPS) is 29.7. The number of aliphatic hydroxyl groups excluding tert-OH is 3. The van der Waals surface area contributed by atoms with E-state index in [2.05, 4.69) is 0 Å². The van der Waals surface area contributed by atoms with Crippen LogP contribution in [-0.4, -0.2) is 73.1 Å². The van der Waals surface area contributed by atoms with Gasteiger partial charge in [-0.25, -0.2) is 4.79 Å². The molecule has 2 aliphatic heterocycles. The number of carboxylic acid groups (broad SMARTS) is 1. The van der Waals surface area contributed by atoms with E-state index in [9.17, 15) is 35.1 Å². The van der Waals surface area contributed by atoms with E-state index in [-0.39, 0.29) is 40.8 Å². The molecule has 1 saturated heterocycles. The molecule has 170 valence electrons. The van der Waals surface area contributed by atoms with Crippen LogP contribution < -0.4 is 9.47 Å². The van der Waals surface area contributed by atoms with Crippen molar-refractivity contribution in [2.75, 3.05) is 0 Å². The van der Waals surface area contributed by atoms with Crippen LogP contribution in [0.1, 0.15) is 28.4 Å². The number of aliphatic carboxylic acids is 1. The van der Waals surface area contributed by atoms with Gasteiger partial charge in [-0.05, 0) is 17.7 Å². The maximum atomic E-state index is 12.4. The SMILES string of the molecule is O=C1C[C@@H](c2ccc(O[C@@H]3O[C@H](C(=O)O)[C@@H](O)[C@H](O)[C@H]3O)cc2)Oc2cc(O)cc(O)c21. The third kappa shape index (κ3) is 3.94. The molecule has 0 aromatic heterocycles. The van der Waals surface area contributed by atoms with Crippen LogP contribution in [-0.2, 0) is 9.53 Å². The maximum absolute atomic E-state index is 12.4. The summed E-state index contributed by atoms with van der Waals surface area (Å²) >= 11 is 0. The van der Waals surface area contributed by atoms with Gasteiger partial charge >= 0.3 is 5.97 Å². The second-order valence-electron chi connectivity index (χ2n) is 7.49. The Bertz CT molecular complexity index is 1030. The van der Waals surface area contributed by atoms with Crippen molar-refractivity contribution < 1.29 is 54.4 Å². The molecule has 11 heteroatoms. The molecule has 2 heterocycles. The van der Waals surface area contributed by atoms with E-state index < -0.39 is 42.8 Å². The Balaban J connectivity index is 1.49. The Kier molecular flexibility index (Phi) is 5.65. The topological polar surface area (TPSA) is 183 Å². The van der Waals surface area contributed by atoms with Gasteiger partial charge in [-0.2, -0.15) is 0 Å². The first-order valence-corrected chi connectivity index (χ1v) is 9.60. The number of ether oxygens (including phenoxy) is 3. The van der Waals surface area contributed by atoms with Crippen molar-refractivity contribution in [2.45, 2.75) is 43.2 Å². The van der Waals surface area contributed by atoms with Crippen molar-refractivity contribution in [3.8, 4) is 23.0 Å². The van der Waals surface area contributed by atoms with Gasteiger partial charge in [-0.1, -0.05) is 12.1 Å². The highest BCUT2D eigenvalue weighted by Gasteiger charge is 2.48. The number of aliphatic hydroxyl groups is 3. The highest BCUT2D eigenvalue weighted by molar-refractivity contribution is 6.02. The molecule has 0 radical (unpaired) electrons. The number of aromatic hydroxyl groups is 2. The Hall–Kier alpha value is -3.38. The Labute approximate surface area is 180 Å². The van der Waals surface area contributed by atoms with Crippen molar-refractivity contribution >= 4 is 11.8 Å². The number of ketones is 1. The fourth-order valence-corrected chi connectivity index (χ4v) is 3.66. The number of phenolic OH excluding ortho intramolecular Hbond substituents is 2. The predicted octanol–water partition coefficient (Wildman–Crippen LogP) is 0.0753. The van der Waals surface area contributed by atoms with Crippen molar-refractivity contribution in [3.63, 3.8) is 0 Å². The number of fused-ring (bicyclic) bond motifs is 1. The molecule has 4 rings (SSSR count). The number of hydrogen-bond acceptors (Lipinski definition) is 10. The fraction of sp³-hybridized carbons (Fsp3) is 0.333. The van der Waals surface area contributed by atoms with Crippen LogP contribution in [0.4, 0.5) is 0 Å². The van der Waals surface area contributed by atoms with Crippen LogP contribution in [0, 0.1) is 0 Å². The third-order valence-corrected chi connectivity index (χ3v) is 5.30. The lowest BCUT2D eigenvalue weighted by molar-refractivity contribution is -0.271. The molecule has 32 heavy (non-hydrogen) atoms. The molecule has 6 atom stereocenters. The largest absolute Gasteiger partial charge is 0.508 e. The molecule has 1 fully saturated rings. The minimum atomic E-state index is -1.83. The van der Waals surface area contributed by atoms with E-state index in [4.69, 9.17) is 19.3 Å².